The molecule has 0 radical (unpaired) electrons. The van der Waals surface area contributed by atoms with Crippen molar-refractivity contribution in [2.45, 2.75) is 157 Å². The van der Waals surface area contributed by atoms with E-state index in [1.165, 1.54) is 96.3 Å². The lowest BCUT2D eigenvalue weighted by atomic mass is 9.90. The van der Waals surface area contributed by atoms with Gasteiger partial charge in [-0.3, -0.25) is 0 Å². The highest BCUT2D eigenvalue weighted by Crippen LogP contribution is 2.24. The molecular weight excluding hydrogens is 378 g/mol. The van der Waals surface area contributed by atoms with E-state index in [4.69, 9.17) is 0 Å². The highest BCUT2D eigenvalue weighted by molar-refractivity contribution is 4.64. The van der Waals surface area contributed by atoms with Gasteiger partial charge in [-0.05, 0) is 42.1 Å². The molecule has 0 aliphatic heterocycles. The van der Waals surface area contributed by atoms with Crippen molar-refractivity contribution in [3.63, 3.8) is 0 Å². The average Bonchev–Trinajstić information content (AvgIpc) is 2.70. The Morgan fingerprint density at radius 1 is 0.419 bits per heavy atom. The fraction of sp³-hybridized carbons (Fsp3) is 1.00. The summed E-state index contributed by atoms with van der Waals surface area (Å²) in [7, 11) is 0. The number of nitrogens with one attached hydrogen (secondary N) is 1. The average molecular weight is 439 g/mol. The molecule has 0 saturated heterocycles. The Labute approximate surface area is 197 Å². The van der Waals surface area contributed by atoms with Crippen molar-refractivity contribution in [3.8, 4) is 0 Å². The van der Waals surface area contributed by atoms with Crippen LogP contribution in [0.1, 0.15) is 151 Å². The molecule has 0 heterocycles. The maximum Gasteiger partial charge on any atom is -0.00799 e. The molecule has 0 spiro atoms. The Kier molecular flexibility index (Phi) is 20.5. The second kappa shape index (κ2) is 20.5. The van der Waals surface area contributed by atoms with Crippen LogP contribution in [-0.4, -0.2) is 6.04 Å². The summed E-state index contributed by atoms with van der Waals surface area (Å²) < 4.78 is 0. The molecule has 0 aromatic heterocycles. The largest absolute Gasteiger partial charge is 0.788 e. The lowest BCUT2D eigenvalue weighted by Crippen LogP contribution is -2.19. The van der Waals surface area contributed by atoms with Crippen LogP contribution in [-0.2, 0) is 0 Å². The van der Waals surface area contributed by atoms with E-state index in [-0.39, 0.29) is 6.04 Å². The monoisotopic (exact) mass is 438 g/mol. The normalized spacial score (nSPS) is 16.9. The van der Waals surface area contributed by atoms with Crippen LogP contribution in [0.4, 0.5) is 0 Å². The lowest BCUT2D eigenvalue weighted by molar-refractivity contribution is 0.369. The van der Waals surface area contributed by atoms with Gasteiger partial charge in [-0.15, -0.1) is 0 Å². The summed E-state index contributed by atoms with van der Waals surface area (Å²) in [6, 6.07) is 0.123. The standard InChI is InChI=1S/C29H60NO/c1-24(2)14-10-17-27(5)20-11-18-25(3)15-8-9-16-26(4)19-12-21-28(6)22-13-23-29(7)30-31/h24-30H,8-23H2,1-7H3/q-1. The van der Waals surface area contributed by atoms with Crippen molar-refractivity contribution in [1.29, 1.82) is 0 Å². The van der Waals surface area contributed by atoms with E-state index in [0.717, 1.165) is 36.0 Å². The molecule has 0 amide bonds. The highest BCUT2D eigenvalue weighted by atomic mass is 16.5. The fourth-order valence-corrected chi connectivity index (χ4v) is 4.90. The number of hydroxylamine groups is 1. The summed E-state index contributed by atoms with van der Waals surface area (Å²) in [6.07, 6.45) is 21.9. The molecule has 0 aromatic rings. The van der Waals surface area contributed by atoms with E-state index in [9.17, 15) is 5.21 Å². The first kappa shape index (κ1) is 30.9. The molecule has 5 atom stereocenters. The van der Waals surface area contributed by atoms with E-state index in [0.29, 0.717) is 0 Å². The Balaban J connectivity index is 3.55. The van der Waals surface area contributed by atoms with Crippen molar-refractivity contribution in [1.82, 2.24) is 5.48 Å². The van der Waals surface area contributed by atoms with Crippen molar-refractivity contribution >= 4 is 0 Å². The van der Waals surface area contributed by atoms with Gasteiger partial charge < -0.3 is 10.7 Å². The van der Waals surface area contributed by atoms with E-state index in [1.807, 2.05) is 6.92 Å². The Hall–Kier alpha value is -0.0800. The number of hydrogen-bond donors (Lipinski definition) is 1. The van der Waals surface area contributed by atoms with E-state index < -0.39 is 0 Å². The first-order valence-electron chi connectivity index (χ1n) is 14.1. The Morgan fingerprint density at radius 3 is 1.03 bits per heavy atom. The molecule has 2 nitrogen and oxygen atoms in total. The molecule has 0 bridgehead atoms. The van der Waals surface area contributed by atoms with Gasteiger partial charge in [0.15, 0.2) is 0 Å². The molecule has 0 rings (SSSR count). The molecule has 1 N–H and O–H groups in total. The van der Waals surface area contributed by atoms with Crippen LogP contribution in [0.3, 0.4) is 0 Å². The summed E-state index contributed by atoms with van der Waals surface area (Å²) in [5, 5.41) is 10.6. The minimum Gasteiger partial charge on any atom is -0.788 e. The van der Waals surface area contributed by atoms with Crippen LogP contribution in [0.25, 0.3) is 0 Å². The van der Waals surface area contributed by atoms with Crippen molar-refractivity contribution < 1.29 is 0 Å². The van der Waals surface area contributed by atoms with Gasteiger partial charge in [0.2, 0.25) is 0 Å². The Bertz CT molecular complexity index is 370. The van der Waals surface area contributed by atoms with Gasteiger partial charge in [0.25, 0.3) is 0 Å². The smallest absolute Gasteiger partial charge is 0.00799 e. The Morgan fingerprint density at radius 2 is 0.710 bits per heavy atom. The van der Waals surface area contributed by atoms with Crippen LogP contribution < -0.4 is 5.48 Å². The molecule has 0 fully saturated rings. The van der Waals surface area contributed by atoms with Crippen LogP contribution in [0.15, 0.2) is 0 Å². The number of rotatable bonds is 22. The van der Waals surface area contributed by atoms with Crippen LogP contribution in [0.2, 0.25) is 0 Å². The number of hydrogen-bond acceptors (Lipinski definition) is 2. The minimum atomic E-state index is 0.123. The SMILES string of the molecule is CC(C)CCCC(C)CCCC(C)CCCCC(C)CCCC(C)CCCC(C)N[O-]. The van der Waals surface area contributed by atoms with E-state index >= 15 is 0 Å². The van der Waals surface area contributed by atoms with Gasteiger partial charge in [0.05, 0.1) is 0 Å². The van der Waals surface area contributed by atoms with Crippen LogP contribution in [0.5, 0.6) is 0 Å². The predicted octanol–water partition coefficient (Wildman–Crippen LogP) is 9.90. The van der Waals surface area contributed by atoms with Crippen LogP contribution >= 0.6 is 0 Å². The third-order valence-corrected chi connectivity index (χ3v) is 7.45. The zero-order valence-electron chi connectivity index (χ0n) is 22.7. The molecule has 5 unspecified atom stereocenters. The summed E-state index contributed by atoms with van der Waals surface area (Å²) in [5.74, 6) is 4.40. The summed E-state index contributed by atoms with van der Waals surface area (Å²) in [5.41, 5.74) is 2.10. The third-order valence-electron chi connectivity index (χ3n) is 7.45. The second-order valence-electron chi connectivity index (χ2n) is 11.8. The highest BCUT2D eigenvalue weighted by Gasteiger charge is 2.09. The maximum atomic E-state index is 10.6. The zero-order chi connectivity index (χ0) is 23.5. The third kappa shape index (κ3) is 21.5. The van der Waals surface area contributed by atoms with Gasteiger partial charge in [0, 0.05) is 0 Å². The van der Waals surface area contributed by atoms with Gasteiger partial charge >= 0.3 is 0 Å². The molecular formula is C29H60NO-. The van der Waals surface area contributed by atoms with Gasteiger partial charge in [-0.2, -0.15) is 0 Å². The van der Waals surface area contributed by atoms with E-state index in [2.05, 4.69) is 47.0 Å². The summed E-state index contributed by atoms with van der Waals surface area (Å²) in [4.78, 5) is 0. The fourth-order valence-electron chi connectivity index (χ4n) is 4.90. The van der Waals surface area contributed by atoms with Crippen LogP contribution in [0, 0.1) is 34.8 Å². The van der Waals surface area contributed by atoms with Gasteiger partial charge in [-0.1, -0.05) is 145 Å². The first-order valence-corrected chi connectivity index (χ1v) is 14.1. The van der Waals surface area contributed by atoms with Crippen molar-refractivity contribution in [2.24, 2.45) is 29.6 Å². The quantitative estimate of drug-likeness (QED) is 0.135. The zero-order valence-corrected chi connectivity index (χ0v) is 22.7. The molecule has 188 valence electrons. The lowest BCUT2D eigenvalue weighted by Gasteiger charge is -2.19. The molecule has 0 aromatic carbocycles. The van der Waals surface area contributed by atoms with E-state index in [1.54, 1.807) is 0 Å². The van der Waals surface area contributed by atoms with Crippen molar-refractivity contribution in [3.05, 3.63) is 5.21 Å². The molecule has 0 saturated carbocycles. The predicted molar refractivity (Wildman–Crippen MR) is 141 cm³/mol. The molecule has 0 aliphatic rings. The summed E-state index contributed by atoms with van der Waals surface area (Å²) in [6.45, 7) is 16.4. The number of unbranched alkanes of at least 4 members (excludes halogenated alkanes) is 1. The van der Waals surface area contributed by atoms with Gasteiger partial charge in [-0.25, -0.2) is 0 Å². The maximum absolute atomic E-state index is 10.6. The molecule has 2 heteroatoms. The first-order chi connectivity index (χ1) is 14.7. The summed E-state index contributed by atoms with van der Waals surface area (Å²) >= 11 is 0. The minimum absolute atomic E-state index is 0.123. The van der Waals surface area contributed by atoms with Gasteiger partial charge in [0.1, 0.15) is 0 Å². The topological polar surface area (TPSA) is 35.1 Å². The van der Waals surface area contributed by atoms with Crippen molar-refractivity contribution in [2.75, 3.05) is 0 Å². The molecule has 31 heavy (non-hydrogen) atoms. The molecule has 0 aliphatic carbocycles. The second-order valence-corrected chi connectivity index (χ2v) is 11.8.